The molecule has 1 N–H and O–H groups in total. The number of carbonyl (C=O) groups is 2. The summed E-state index contributed by atoms with van der Waals surface area (Å²) in [5.74, 6) is 0.786. The molecule has 3 amide bonds. The minimum absolute atomic E-state index is 0.0231. The number of hydrogen-bond acceptors (Lipinski definition) is 5. The second-order valence-corrected chi connectivity index (χ2v) is 6.38. The van der Waals surface area contributed by atoms with E-state index in [1.807, 2.05) is 42.5 Å². The molecule has 144 valence electrons. The van der Waals surface area contributed by atoms with Gasteiger partial charge in [0.15, 0.2) is 5.58 Å². The third-order valence-electron chi connectivity index (χ3n) is 4.58. The van der Waals surface area contributed by atoms with Crippen LogP contribution in [0.3, 0.4) is 0 Å². The lowest BCUT2D eigenvalue weighted by Crippen LogP contribution is -2.39. The Hall–Kier alpha value is -3.55. The summed E-state index contributed by atoms with van der Waals surface area (Å²) in [6.07, 6.45) is 0. The molecule has 1 fully saturated rings. The summed E-state index contributed by atoms with van der Waals surface area (Å²) in [7, 11) is 1.57. The number of rotatable bonds is 6. The van der Waals surface area contributed by atoms with E-state index in [9.17, 15) is 9.59 Å². The van der Waals surface area contributed by atoms with Gasteiger partial charge in [0.25, 0.3) is 0 Å². The highest BCUT2D eigenvalue weighted by molar-refractivity contribution is 5.97. The maximum absolute atomic E-state index is 12.7. The zero-order valence-electron chi connectivity index (χ0n) is 15.4. The molecular weight excluding hydrogens is 360 g/mol. The molecule has 2 heterocycles. The van der Waals surface area contributed by atoms with Crippen molar-refractivity contribution in [2.75, 3.05) is 31.6 Å². The van der Waals surface area contributed by atoms with Gasteiger partial charge in [-0.05, 0) is 24.3 Å². The molecule has 1 aliphatic heterocycles. The van der Waals surface area contributed by atoms with Crippen molar-refractivity contribution in [3.8, 4) is 5.75 Å². The molecule has 1 aromatic heterocycles. The molecule has 3 aromatic rings. The topological polar surface area (TPSA) is 87.9 Å². The molecule has 0 spiro atoms. The van der Waals surface area contributed by atoms with E-state index in [2.05, 4.69) is 10.3 Å². The average molecular weight is 380 g/mol. The number of carbonyl (C=O) groups excluding carboxylic acids is 2. The van der Waals surface area contributed by atoms with Crippen LogP contribution in [0.15, 0.2) is 52.9 Å². The molecule has 8 nitrogen and oxygen atoms in total. The molecule has 4 rings (SSSR count). The summed E-state index contributed by atoms with van der Waals surface area (Å²) < 4.78 is 10.9. The second-order valence-electron chi connectivity index (χ2n) is 6.38. The lowest BCUT2D eigenvalue weighted by Gasteiger charge is -2.20. The maximum Gasteiger partial charge on any atom is 0.325 e. The van der Waals surface area contributed by atoms with Crippen LogP contribution in [0.1, 0.15) is 5.89 Å². The van der Waals surface area contributed by atoms with E-state index in [0.717, 1.165) is 5.52 Å². The smallest absolute Gasteiger partial charge is 0.325 e. The number of hydrogen-bond donors (Lipinski definition) is 1. The Morgan fingerprint density at radius 2 is 1.96 bits per heavy atom. The summed E-state index contributed by atoms with van der Waals surface area (Å²) >= 11 is 0. The van der Waals surface area contributed by atoms with Crippen LogP contribution in [-0.4, -0.2) is 48.6 Å². The van der Waals surface area contributed by atoms with Crippen LogP contribution in [0.2, 0.25) is 0 Å². The van der Waals surface area contributed by atoms with Crippen molar-refractivity contribution in [1.29, 1.82) is 0 Å². The van der Waals surface area contributed by atoms with Crippen molar-refractivity contribution in [3.05, 3.63) is 54.4 Å². The predicted octanol–water partition coefficient (Wildman–Crippen LogP) is 2.39. The van der Waals surface area contributed by atoms with Gasteiger partial charge in [-0.2, -0.15) is 0 Å². The minimum atomic E-state index is -0.266. The van der Waals surface area contributed by atoms with Crippen LogP contribution in [0.5, 0.6) is 5.75 Å². The highest BCUT2D eigenvalue weighted by Crippen LogP contribution is 2.30. The first-order chi connectivity index (χ1) is 13.7. The quantitative estimate of drug-likeness (QED) is 0.709. The van der Waals surface area contributed by atoms with Gasteiger partial charge in [-0.25, -0.2) is 9.78 Å². The SMILES string of the molecule is COc1ccccc1N1CCN(CC(=O)NCc2nc3ccccc3o2)C1=O. The Morgan fingerprint density at radius 1 is 1.18 bits per heavy atom. The minimum Gasteiger partial charge on any atom is -0.495 e. The first-order valence-corrected chi connectivity index (χ1v) is 8.96. The zero-order valence-corrected chi connectivity index (χ0v) is 15.4. The molecule has 0 unspecified atom stereocenters. The largest absolute Gasteiger partial charge is 0.495 e. The maximum atomic E-state index is 12.7. The van der Waals surface area contributed by atoms with Crippen molar-refractivity contribution >= 4 is 28.7 Å². The van der Waals surface area contributed by atoms with E-state index in [1.165, 1.54) is 4.90 Å². The number of methoxy groups -OCH3 is 1. The molecule has 28 heavy (non-hydrogen) atoms. The van der Waals surface area contributed by atoms with Gasteiger partial charge in [-0.3, -0.25) is 9.69 Å². The van der Waals surface area contributed by atoms with Crippen molar-refractivity contribution in [3.63, 3.8) is 0 Å². The number of nitrogens with one attached hydrogen (secondary N) is 1. The molecular formula is C20H20N4O4. The number of ether oxygens (including phenoxy) is 1. The average Bonchev–Trinajstić information content (AvgIpc) is 3.30. The van der Waals surface area contributed by atoms with E-state index in [-0.39, 0.29) is 25.0 Å². The number of anilines is 1. The lowest BCUT2D eigenvalue weighted by molar-refractivity contribution is -0.121. The fraction of sp³-hybridized carbons (Fsp3) is 0.250. The van der Waals surface area contributed by atoms with Gasteiger partial charge in [-0.15, -0.1) is 0 Å². The predicted molar refractivity (Wildman–Crippen MR) is 103 cm³/mol. The normalized spacial score (nSPS) is 14.0. The van der Waals surface area contributed by atoms with Crippen molar-refractivity contribution in [2.45, 2.75) is 6.54 Å². The van der Waals surface area contributed by atoms with Gasteiger partial charge >= 0.3 is 6.03 Å². The summed E-state index contributed by atoms with van der Waals surface area (Å²) in [4.78, 5) is 32.4. The number of fused-ring (bicyclic) bond motifs is 1. The van der Waals surface area contributed by atoms with Crippen molar-refractivity contribution in [2.24, 2.45) is 0 Å². The molecule has 8 heteroatoms. The molecule has 2 aromatic carbocycles. The number of benzene rings is 2. The van der Waals surface area contributed by atoms with Crippen LogP contribution in [0.4, 0.5) is 10.5 Å². The Bertz CT molecular complexity index is 983. The van der Waals surface area contributed by atoms with Crippen LogP contribution >= 0.6 is 0 Å². The van der Waals surface area contributed by atoms with E-state index in [1.54, 1.807) is 18.1 Å². The highest BCUT2D eigenvalue weighted by atomic mass is 16.5. The zero-order chi connectivity index (χ0) is 19.5. The standard InChI is InChI=1S/C20H20N4O4/c1-27-17-9-5-3-7-15(17)24-11-10-23(20(24)26)13-18(25)21-12-19-22-14-6-2-4-8-16(14)28-19/h2-9H,10-13H2,1H3,(H,21,25). The van der Waals surface area contributed by atoms with Crippen LogP contribution in [0, 0.1) is 0 Å². The number of para-hydroxylation sites is 4. The van der Waals surface area contributed by atoms with Gasteiger partial charge in [0.2, 0.25) is 11.8 Å². The number of nitrogens with zero attached hydrogens (tertiary/aromatic N) is 3. The molecule has 0 atom stereocenters. The number of amides is 3. The second kappa shape index (κ2) is 7.59. The summed E-state index contributed by atoms with van der Waals surface area (Å²) in [6, 6.07) is 14.5. The Balaban J connectivity index is 1.35. The summed E-state index contributed by atoms with van der Waals surface area (Å²) in [5, 5.41) is 2.75. The van der Waals surface area contributed by atoms with E-state index >= 15 is 0 Å². The Labute approximate surface area is 161 Å². The molecule has 0 bridgehead atoms. The molecule has 1 saturated heterocycles. The van der Waals surface area contributed by atoms with Crippen LogP contribution < -0.4 is 15.0 Å². The molecule has 1 aliphatic rings. The van der Waals surface area contributed by atoms with Crippen LogP contribution in [-0.2, 0) is 11.3 Å². The first-order valence-electron chi connectivity index (χ1n) is 8.96. The summed E-state index contributed by atoms with van der Waals surface area (Å²) in [6.45, 7) is 1.11. The van der Waals surface area contributed by atoms with Crippen LogP contribution in [0.25, 0.3) is 11.1 Å². The number of oxazole rings is 1. The van der Waals surface area contributed by atoms with Gasteiger partial charge in [0.1, 0.15) is 17.8 Å². The Morgan fingerprint density at radius 3 is 2.79 bits per heavy atom. The molecule has 0 saturated carbocycles. The molecule has 0 aliphatic carbocycles. The van der Waals surface area contributed by atoms with Crippen molar-refractivity contribution < 1.29 is 18.7 Å². The van der Waals surface area contributed by atoms with E-state index in [4.69, 9.17) is 9.15 Å². The third-order valence-corrected chi connectivity index (χ3v) is 4.58. The van der Waals surface area contributed by atoms with E-state index < -0.39 is 0 Å². The third kappa shape index (κ3) is 3.48. The lowest BCUT2D eigenvalue weighted by atomic mass is 10.2. The number of aromatic nitrogens is 1. The van der Waals surface area contributed by atoms with Gasteiger partial charge in [-0.1, -0.05) is 24.3 Å². The Kier molecular flexibility index (Phi) is 4.84. The fourth-order valence-electron chi connectivity index (χ4n) is 3.20. The summed E-state index contributed by atoms with van der Waals surface area (Å²) in [5.41, 5.74) is 2.12. The fourth-order valence-corrected chi connectivity index (χ4v) is 3.20. The monoisotopic (exact) mass is 380 g/mol. The van der Waals surface area contributed by atoms with Crippen molar-refractivity contribution in [1.82, 2.24) is 15.2 Å². The van der Waals surface area contributed by atoms with Gasteiger partial charge in [0.05, 0.1) is 19.3 Å². The number of urea groups is 1. The van der Waals surface area contributed by atoms with E-state index in [0.29, 0.717) is 36.0 Å². The van der Waals surface area contributed by atoms with Gasteiger partial charge < -0.3 is 19.4 Å². The molecule has 0 radical (unpaired) electrons. The highest BCUT2D eigenvalue weighted by Gasteiger charge is 2.32. The van der Waals surface area contributed by atoms with Gasteiger partial charge in [0, 0.05) is 13.1 Å². The first kappa shape index (κ1) is 17.8.